The molecule has 0 heterocycles. The summed E-state index contributed by atoms with van der Waals surface area (Å²) in [6.45, 7) is 0. The molecule has 3 N–H and O–H groups in total. The molecule has 0 spiro atoms. The molecule has 0 atom stereocenters. The lowest BCUT2D eigenvalue weighted by molar-refractivity contribution is 0.259. The zero-order valence-electron chi connectivity index (χ0n) is 7.60. The highest BCUT2D eigenvalue weighted by Gasteiger charge is 2.07. The zero-order chi connectivity index (χ0) is 11.5. The molecule has 0 unspecified atom stereocenters. The van der Waals surface area contributed by atoms with Gasteiger partial charge < -0.3 is 11.1 Å². The summed E-state index contributed by atoms with van der Waals surface area (Å²) in [5, 5.41) is 2.33. The van der Waals surface area contributed by atoms with Gasteiger partial charge in [-0.25, -0.2) is 13.2 Å². The maximum Gasteiger partial charge on any atom is 0.316 e. The van der Waals surface area contributed by atoms with Crippen LogP contribution in [0.3, 0.4) is 0 Å². The minimum atomic E-state index is -3.59. The number of urea groups is 1. The van der Waals surface area contributed by atoms with Gasteiger partial charge in [-0.05, 0) is 17.7 Å². The zero-order valence-corrected chi connectivity index (χ0v) is 9.18. The lowest BCUT2D eigenvalue weighted by atomic mass is 10.2. The third-order valence-electron chi connectivity index (χ3n) is 1.53. The lowest BCUT2D eigenvalue weighted by Crippen LogP contribution is -2.19. The molecule has 15 heavy (non-hydrogen) atoms. The van der Waals surface area contributed by atoms with Crippen LogP contribution < -0.4 is 11.1 Å². The first kappa shape index (κ1) is 11.8. The number of nitrogens with one attached hydrogen (secondary N) is 1. The van der Waals surface area contributed by atoms with E-state index in [1.54, 1.807) is 18.2 Å². The molecule has 0 saturated heterocycles. The van der Waals surface area contributed by atoms with E-state index in [4.69, 9.17) is 16.4 Å². The third-order valence-corrected chi connectivity index (χ3v) is 2.54. The number of carbonyl (C=O) groups excluding carboxylic acids is 1. The van der Waals surface area contributed by atoms with Crippen LogP contribution in [0.2, 0.25) is 0 Å². The van der Waals surface area contributed by atoms with Gasteiger partial charge in [-0.2, -0.15) is 0 Å². The maximum absolute atomic E-state index is 10.8. The number of anilines is 1. The monoisotopic (exact) mass is 248 g/mol. The molecule has 0 aromatic heterocycles. The molecule has 2 amide bonds. The summed E-state index contributed by atoms with van der Waals surface area (Å²) in [5.74, 6) is -0.289. The highest BCUT2D eigenvalue weighted by molar-refractivity contribution is 8.13. The van der Waals surface area contributed by atoms with Crippen LogP contribution in [0.15, 0.2) is 24.3 Å². The van der Waals surface area contributed by atoms with E-state index in [0.29, 0.717) is 11.3 Å². The Morgan fingerprint density at radius 3 is 2.67 bits per heavy atom. The number of carbonyl (C=O) groups is 1. The van der Waals surface area contributed by atoms with Gasteiger partial charge in [0.2, 0.25) is 9.05 Å². The van der Waals surface area contributed by atoms with Crippen LogP contribution >= 0.6 is 10.7 Å². The minimum Gasteiger partial charge on any atom is -0.351 e. The molecule has 7 heteroatoms. The largest absolute Gasteiger partial charge is 0.351 e. The Morgan fingerprint density at radius 1 is 1.47 bits per heavy atom. The van der Waals surface area contributed by atoms with Crippen molar-refractivity contribution < 1.29 is 13.2 Å². The maximum atomic E-state index is 10.8. The van der Waals surface area contributed by atoms with Crippen LogP contribution in [0.5, 0.6) is 0 Å². The molecule has 0 aliphatic rings. The van der Waals surface area contributed by atoms with Crippen molar-refractivity contribution in [2.24, 2.45) is 5.73 Å². The van der Waals surface area contributed by atoms with Crippen molar-refractivity contribution in [2.75, 3.05) is 5.32 Å². The van der Waals surface area contributed by atoms with Crippen molar-refractivity contribution in [3.63, 3.8) is 0 Å². The quantitative estimate of drug-likeness (QED) is 0.789. The first-order chi connectivity index (χ1) is 6.87. The SMILES string of the molecule is NC(=O)Nc1cccc(CS(=O)(=O)Cl)c1. The Kier molecular flexibility index (Phi) is 3.54. The van der Waals surface area contributed by atoms with Crippen LogP contribution in [0.1, 0.15) is 5.56 Å². The van der Waals surface area contributed by atoms with E-state index in [-0.39, 0.29) is 5.75 Å². The van der Waals surface area contributed by atoms with Crippen LogP contribution in [-0.2, 0) is 14.8 Å². The van der Waals surface area contributed by atoms with Crippen LogP contribution in [-0.4, -0.2) is 14.4 Å². The summed E-state index contributed by atoms with van der Waals surface area (Å²) in [7, 11) is 1.49. The summed E-state index contributed by atoms with van der Waals surface area (Å²) in [5.41, 5.74) is 5.82. The number of halogens is 1. The van der Waals surface area contributed by atoms with Gasteiger partial charge in [-0.1, -0.05) is 12.1 Å². The second kappa shape index (κ2) is 4.50. The van der Waals surface area contributed by atoms with E-state index in [9.17, 15) is 13.2 Å². The van der Waals surface area contributed by atoms with Gasteiger partial charge in [0.25, 0.3) is 0 Å². The standard InChI is InChI=1S/C8H9ClN2O3S/c9-15(13,14)5-6-2-1-3-7(4-6)11-8(10)12/h1-4H,5H2,(H3,10,11,12). The number of rotatable bonds is 3. The topological polar surface area (TPSA) is 89.3 Å². The second-order valence-corrected chi connectivity index (χ2v) is 5.65. The predicted molar refractivity (Wildman–Crippen MR) is 58.1 cm³/mol. The van der Waals surface area contributed by atoms with Crippen molar-refractivity contribution in [3.8, 4) is 0 Å². The number of primary amides is 1. The molecule has 5 nitrogen and oxygen atoms in total. The molecule has 1 rings (SSSR count). The van der Waals surface area contributed by atoms with Gasteiger partial charge in [0.15, 0.2) is 0 Å². The highest BCUT2D eigenvalue weighted by atomic mass is 35.7. The fraction of sp³-hybridized carbons (Fsp3) is 0.125. The molecule has 0 radical (unpaired) electrons. The molecular formula is C8H9ClN2O3S. The van der Waals surface area contributed by atoms with Crippen molar-refractivity contribution in [2.45, 2.75) is 5.75 Å². The number of benzene rings is 1. The van der Waals surface area contributed by atoms with E-state index < -0.39 is 15.1 Å². The summed E-state index contributed by atoms with van der Waals surface area (Å²) < 4.78 is 21.6. The van der Waals surface area contributed by atoms with E-state index in [1.165, 1.54) is 6.07 Å². The highest BCUT2D eigenvalue weighted by Crippen LogP contribution is 2.14. The molecule has 0 fully saturated rings. The van der Waals surface area contributed by atoms with Crippen molar-refractivity contribution in [1.82, 2.24) is 0 Å². The van der Waals surface area contributed by atoms with Crippen molar-refractivity contribution >= 4 is 31.5 Å². The van der Waals surface area contributed by atoms with E-state index >= 15 is 0 Å². The average molecular weight is 249 g/mol. The van der Waals surface area contributed by atoms with E-state index in [2.05, 4.69) is 5.32 Å². The smallest absolute Gasteiger partial charge is 0.316 e. The molecule has 0 aliphatic carbocycles. The molecule has 1 aromatic rings. The van der Waals surface area contributed by atoms with E-state index in [0.717, 1.165) is 0 Å². The number of hydrogen-bond donors (Lipinski definition) is 2. The third kappa shape index (κ3) is 4.66. The normalized spacial score (nSPS) is 11.0. The summed E-state index contributed by atoms with van der Waals surface area (Å²) in [6, 6.07) is 5.56. The summed E-state index contributed by atoms with van der Waals surface area (Å²) in [6.07, 6.45) is 0. The van der Waals surface area contributed by atoms with Gasteiger partial charge in [-0.3, -0.25) is 0 Å². The Balaban J connectivity index is 2.88. The van der Waals surface area contributed by atoms with Crippen molar-refractivity contribution in [1.29, 1.82) is 0 Å². The Hall–Kier alpha value is -1.27. The lowest BCUT2D eigenvalue weighted by Gasteiger charge is -2.03. The molecule has 0 bridgehead atoms. The molecule has 0 saturated carbocycles. The molecule has 82 valence electrons. The van der Waals surface area contributed by atoms with Gasteiger partial charge in [0, 0.05) is 16.4 Å². The van der Waals surface area contributed by atoms with Crippen LogP contribution in [0.25, 0.3) is 0 Å². The van der Waals surface area contributed by atoms with Gasteiger partial charge in [0.1, 0.15) is 0 Å². The molecule has 0 aliphatic heterocycles. The Labute approximate surface area is 91.6 Å². The average Bonchev–Trinajstić information content (AvgIpc) is 1.99. The summed E-state index contributed by atoms with van der Waals surface area (Å²) >= 11 is 0. The van der Waals surface area contributed by atoms with Crippen molar-refractivity contribution in [3.05, 3.63) is 29.8 Å². The number of hydrogen-bond acceptors (Lipinski definition) is 3. The van der Waals surface area contributed by atoms with Crippen LogP contribution in [0, 0.1) is 0 Å². The Bertz CT molecular complexity index is 473. The fourth-order valence-electron chi connectivity index (χ4n) is 1.08. The predicted octanol–water partition coefficient (Wildman–Crippen LogP) is 1.25. The Morgan fingerprint density at radius 2 is 2.13 bits per heavy atom. The first-order valence-electron chi connectivity index (χ1n) is 3.94. The second-order valence-electron chi connectivity index (χ2n) is 2.87. The number of amides is 2. The molecule has 1 aromatic carbocycles. The van der Waals surface area contributed by atoms with Gasteiger partial charge >= 0.3 is 6.03 Å². The van der Waals surface area contributed by atoms with Gasteiger partial charge in [0.05, 0.1) is 5.75 Å². The van der Waals surface area contributed by atoms with E-state index in [1.807, 2.05) is 0 Å². The first-order valence-corrected chi connectivity index (χ1v) is 6.42. The van der Waals surface area contributed by atoms with Gasteiger partial charge in [-0.15, -0.1) is 0 Å². The van der Waals surface area contributed by atoms with Crippen LogP contribution in [0.4, 0.5) is 10.5 Å². The fourth-order valence-corrected chi connectivity index (χ4v) is 2.04. The number of nitrogens with two attached hydrogens (primary N) is 1. The minimum absolute atomic E-state index is 0.289. The summed E-state index contributed by atoms with van der Waals surface area (Å²) in [4.78, 5) is 10.5. The molecular weight excluding hydrogens is 240 g/mol.